The van der Waals surface area contributed by atoms with E-state index in [1.165, 1.54) is 6.42 Å². The third-order valence-electron chi connectivity index (χ3n) is 4.95. The minimum Gasteiger partial charge on any atom is -0.481 e. The summed E-state index contributed by atoms with van der Waals surface area (Å²) in [5, 5.41) is 10.5. The molecule has 0 heterocycles. The third-order valence-corrected chi connectivity index (χ3v) is 5.48. The van der Waals surface area contributed by atoms with Crippen molar-refractivity contribution < 1.29 is 9.90 Å². The van der Waals surface area contributed by atoms with Crippen molar-refractivity contribution in [2.24, 2.45) is 17.8 Å². The molecule has 0 saturated heterocycles. The van der Waals surface area contributed by atoms with Crippen molar-refractivity contribution in [3.8, 4) is 0 Å². The fourth-order valence-electron chi connectivity index (χ4n) is 4.11. The SMILES string of the molecule is Nc1c(Cl)cc(Cl)cc1C(C(=O)O)C1CC2CCC1C2. The Morgan fingerprint density at radius 3 is 2.60 bits per heavy atom. The minimum absolute atomic E-state index is 0.156. The van der Waals surface area contributed by atoms with E-state index in [1.807, 2.05) is 0 Å². The van der Waals surface area contributed by atoms with Gasteiger partial charge in [0, 0.05) is 5.02 Å². The zero-order valence-corrected chi connectivity index (χ0v) is 12.5. The van der Waals surface area contributed by atoms with Gasteiger partial charge in [0.05, 0.1) is 16.6 Å². The number of benzene rings is 1. The van der Waals surface area contributed by atoms with E-state index in [9.17, 15) is 9.90 Å². The summed E-state index contributed by atoms with van der Waals surface area (Å²) >= 11 is 12.1. The van der Waals surface area contributed by atoms with Gasteiger partial charge < -0.3 is 10.8 Å². The van der Waals surface area contributed by atoms with Gasteiger partial charge in [-0.25, -0.2) is 0 Å². The lowest BCUT2D eigenvalue weighted by Gasteiger charge is -2.29. The van der Waals surface area contributed by atoms with Crippen molar-refractivity contribution in [1.82, 2.24) is 0 Å². The second kappa shape index (κ2) is 5.12. The van der Waals surface area contributed by atoms with Gasteiger partial charge >= 0.3 is 5.97 Å². The molecule has 4 unspecified atom stereocenters. The zero-order valence-electron chi connectivity index (χ0n) is 11.0. The largest absolute Gasteiger partial charge is 0.481 e. The highest BCUT2D eigenvalue weighted by molar-refractivity contribution is 6.36. The highest BCUT2D eigenvalue weighted by Gasteiger charge is 2.46. The smallest absolute Gasteiger partial charge is 0.311 e. The molecule has 3 N–H and O–H groups in total. The van der Waals surface area contributed by atoms with E-state index in [1.54, 1.807) is 12.1 Å². The second-order valence-electron chi connectivity index (χ2n) is 6.05. The summed E-state index contributed by atoms with van der Waals surface area (Å²) in [5.41, 5.74) is 6.93. The van der Waals surface area contributed by atoms with Crippen LogP contribution in [0.1, 0.15) is 37.2 Å². The van der Waals surface area contributed by atoms with E-state index in [-0.39, 0.29) is 5.92 Å². The molecule has 1 aromatic rings. The van der Waals surface area contributed by atoms with Crippen LogP contribution in [0.2, 0.25) is 10.0 Å². The van der Waals surface area contributed by atoms with Crippen molar-refractivity contribution in [1.29, 1.82) is 0 Å². The number of carbonyl (C=O) groups is 1. The molecule has 2 fully saturated rings. The number of aliphatic carboxylic acids is 1. The van der Waals surface area contributed by atoms with Gasteiger partial charge in [0.2, 0.25) is 0 Å². The summed E-state index contributed by atoms with van der Waals surface area (Å²) in [6.07, 6.45) is 4.50. The van der Waals surface area contributed by atoms with E-state index in [4.69, 9.17) is 28.9 Å². The van der Waals surface area contributed by atoms with E-state index < -0.39 is 11.9 Å². The van der Waals surface area contributed by atoms with Gasteiger partial charge in [-0.1, -0.05) is 29.6 Å². The molecule has 0 aromatic heterocycles. The fraction of sp³-hybridized carbons (Fsp3) is 0.533. The van der Waals surface area contributed by atoms with Crippen LogP contribution in [0.5, 0.6) is 0 Å². The van der Waals surface area contributed by atoms with Crippen molar-refractivity contribution in [3.05, 3.63) is 27.7 Å². The topological polar surface area (TPSA) is 63.3 Å². The number of fused-ring (bicyclic) bond motifs is 2. The molecular formula is C15H17Cl2NO2. The second-order valence-corrected chi connectivity index (χ2v) is 6.89. The number of carboxylic acid groups (broad SMARTS) is 1. The summed E-state index contributed by atoms with van der Waals surface area (Å²) in [5.74, 6) is -0.0850. The average molecular weight is 314 g/mol. The molecule has 2 saturated carbocycles. The van der Waals surface area contributed by atoms with Gasteiger partial charge in [-0.3, -0.25) is 4.79 Å². The Balaban J connectivity index is 2.01. The lowest BCUT2D eigenvalue weighted by atomic mass is 9.75. The Bertz CT molecular complexity index is 561. The van der Waals surface area contributed by atoms with Crippen LogP contribution in [-0.4, -0.2) is 11.1 Å². The van der Waals surface area contributed by atoms with Gasteiger partial charge in [-0.05, 0) is 54.7 Å². The van der Waals surface area contributed by atoms with Gasteiger partial charge in [0.25, 0.3) is 0 Å². The summed E-state index contributed by atoms with van der Waals surface area (Å²) in [4.78, 5) is 11.8. The zero-order chi connectivity index (χ0) is 14.4. The molecule has 2 bridgehead atoms. The number of hydrogen-bond acceptors (Lipinski definition) is 2. The molecule has 108 valence electrons. The fourth-order valence-corrected chi connectivity index (χ4v) is 4.62. The lowest BCUT2D eigenvalue weighted by molar-refractivity contribution is -0.140. The lowest BCUT2D eigenvalue weighted by Crippen LogP contribution is -2.26. The predicted octanol–water partition coefficient (Wildman–Crippen LogP) is 4.18. The monoisotopic (exact) mass is 313 g/mol. The number of hydrogen-bond donors (Lipinski definition) is 2. The number of nitrogens with two attached hydrogens (primary N) is 1. The molecule has 20 heavy (non-hydrogen) atoms. The van der Waals surface area contributed by atoms with Crippen LogP contribution in [0.4, 0.5) is 5.69 Å². The van der Waals surface area contributed by atoms with Crippen LogP contribution in [0.25, 0.3) is 0 Å². The maximum atomic E-state index is 11.8. The molecule has 3 rings (SSSR count). The van der Waals surface area contributed by atoms with Crippen molar-refractivity contribution >= 4 is 34.9 Å². The standard InChI is InChI=1S/C15H17Cl2NO2/c16-9-5-11(14(18)12(17)6-9)13(15(19)20)10-4-7-1-2-8(10)3-7/h5-8,10,13H,1-4,18H2,(H,19,20). The Morgan fingerprint density at radius 2 is 2.05 bits per heavy atom. The maximum Gasteiger partial charge on any atom is 0.311 e. The van der Waals surface area contributed by atoms with Crippen LogP contribution in [0, 0.1) is 17.8 Å². The van der Waals surface area contributed by atoms with Crippen molar-refractivity contribution in [2.75, 3.05) is 5.73 Å². The molecule has 5 heteroatoms. The third kappa shape index (κ3) is 2.27. The first-order valence-corrected chi connectivity index (χ1v) is 7.70. The van der Waals surface area contributed by atoms with Crippen LogP contribution < -0.4 is 5.73 Å². The quantitative estimate of drug-likeness (QED) is 0.823. The number of anilines is 1. The minimum atomic E-state index is -0.826. The van der Waals surface area contributed by atoms with Crippen LogP contribution in [-0.2, 0) is 4.79 Å². The highest BCUT2D eigenvalue weighted by atomic mass is 35.5. The average Bonchev–Trinajstić information content (AvgIpc) is 2.97. The molecule has 0 amide bonds. The van der Waals surface area contributed by atoms with Crippen LogP contribution >= 0.6 is 23.2 Å². The Kier molecular flexibility index (Phi) is 3.59. The molecule has 0 radical (unpaired) electrons. The molecule has 2 aliphatic carbocycles. The summed E-state index contributed by atoms with van der Waals surface area (Å²) < 4.78 is 0. The number of halogens is 2. The van der Waals surface area contributed by atoms with Gasteiger partial charge in [-0.15, -0.1) is 0 Å². The van der Waals surface area contributed by atoms with Crippen LogP contribution in [0.15, 0.2) is 12.1 Å². The summed E-state index contributed by atoms with van der Waals surface area (Å²) in [6, 6.07) is 3.22. The molecule has 2 aliphatic rings. The van der Waals surface area contributed by atoms with Crippen molar-refractivity contribution in [3.63, 3.8) is 0 Å². The Morgan fingerprint density at radius 1 is 1.30 bits per heavy atom. The van der Waals surface area contributed by atoms with Crippen LogP contribution in [0.3, 0.4) is 0 Å². The van der Waals surface area contributed by atoms with E-state index in [2.05, 4.69) is 0 Å². The summed E-state index contributed by atoms with van der Waals surface area (Å²) in [7, 11) is 0. The van der Waals surface area contributed by atoms with E-state index in [0.29, 0.717) is 33.1 Å². The summed E-state index contributed by atoms with van der Waals surface area (Å²) in [6.45, 7) is 0. The molecule has 0 aliphatic heterocycles. The number of nitrogen functional groups attached to an aromatic ring is 1. The Labute approximate surface area is 128 Å². The van der Waals surface area contributed by atoms with Gasteiger partial charge in [0.15, 0.2) is 0 Å². The first-order chi connectivity index (χ1) is 9.47. The molecule has 0 spiro atoms. The van der Waals surface area contributed by atoms with Crippen molar-refractivity contribution in [2.45, 2.75) is 31.6 Å². The van der Waals surface area contributed by atoms with Gasteiger partial charge in [0.1, 0.15) is 0 Å². The first-order valence-electron chi connectivity index (χ1n) is 6.94. The maximum absolute atomic E-state index is 11.8. The van der Waals surface area contributed by atoms with Gasteiger partial charge in [-0.2, -0.15) is 0 Å². The normalized spacial score (nSPS) is 29.6. The molecule has 1 aromatic carbocycles. The van der Waals surface area contributed by atoms with E-state index in [0.717, 1.165) is 19.3 Å². The first kappa shape index (κ1) is 14.0. The molecule has 4 atom stereocenters. The number of rotatable bonds is 3. The highest BCUT2D eigenvalue weighted by Crippen LogP contribution is 2.54. The molecule has 3 nitrogen and oxygen atoms in total. The number of carboxylic acids is 1. The van der Waals surface area contributed by atoms with E-state index >= 15 is 0 Å². The predicted molar refractivity (Wildman–Crippen MR) is 80.2 cm³/mol. The molecular weight excluding hydrogens is 297 g/mol. The Hall–Kier alpha value is -0.930.